The molecule has 1 aliphatic carbocycles. The van der Waals surface area contributed by atoms with E-state index in [9.17, 15) is 0 Å². The van der Waals surface area contributed by atoms with Crippen molar-refractivity contribution in [2.24, 2.45) is 0 Å². The van der Waals surface area contributed by atoms with Gasteiger partial charge in [-0.3, -0.25) is 0 Å². The molecule has 0 bridgehead atoms. The van der Waals surface area contributed by atoms with Gasteiger partial charge in [0.15, 0.2) is 0 Å². The molecule has 0 saturated heterocycles. The summed E-state index contributed by atoms with van der Waals surface area (Å²) in [4.78, 5) is 0. The van der Waals surface area contributed by atoms with Crippen LogP contribution in [0.15, 0.2) is 11.1 Å². The molecule has 0 aromatic carbocycles. The summed E-state index contributed by atoms with van der Waals surface area (Å²) in [6.45, 7) is 4.88. The third-order valence-corrected chi connectivity index (χ3v) is 2.62. The van der Waals surface area contributed by atoms with Gasteiger partial charge in [0.05, 0.1) is 12.6 Å². The molecule has 0 aliphatic heterocycles. The normalized spacial score (nSPS) is 23.9. The van der Waals surface area contributed by atoms with Gasteiger partial charge in [-0.05, 0) is 33.1 Å². The van der Waals surface area contributed by atoms with E-state index in [4.69, 9.17) is 5.26 Å². The Morgan fingerprint density at radius 2 is 2.25 bits per heavy atom. The van der Waals surface area contributed by atoms with Gasteiger partial charge in [-0.15, -0.1) is 0 Å². The molecule has 0 amide bonds. The van der Waals surface area contributed by atoms with Gasteiger partial charge in [0.2, 0.25) is 0 Å². The molecule has 2 heteroatoms. The molecule has 66 valence electrons. The molecule has 0 heterocycles. The van der Waals surface area contributed by atoms with E-state index in [2.05, 4.69) is 25.2 Å². The maximum Gasteiger partial charge on any atom is 0.0843 e. The molecule has 1 unspecified atom stereocenters. The Balaban J connectivity index is 2.39. The summed E-state index contributed by atoms with van der Waals surface area (Å²) in [7, 11) is 0. The molecule has 0 radical (unpaired) electrons. The van der Waals surface area contributed by atoms with Crippen molar-refractivity contribution in [1.82, 2.24) is 5.32 Å². The van der Waals surface area contributed by atoms with E-state index in [1.807, 2.05) is 0 Å². The second-order valence-corrected chi connectivity index (χ2v) is 3.54. The molecule has 0 fully saturated rings. The zero-order valence-corrected chi connectivity index (χ0v) is 7.85. The highest BCUT2D eigenvalue weighted by atomic mass is 14.9. The fourth-order valence-corrected chi connectivity index (χ4v) is 1.61. The lowest BCUT2D eigenvalue weighted by molar-refractivity contribution is 0.478. The second kappa shape index (κ2) is 4.27. The van der Waals surface area contributed by atoms with Gasteiger partial charge in [-0.2, -0.15) is 5.26 Å². The molecule has 1 aliphatic rings. The van der Waals surface area contributed by atoms with Crippen molar-refractivity contribution in [3.8, 4) is 6.07 Å². The highest BCUT2D eigenvalue weighted by Gasteiger charge is 2.14. The lowest BCUT2D eigenvalue weighted by Crippen LogP contribution is -2.31. The van der Waals surface area contributed by atoms with Gasteiger partial charge < -0.3 is 5.32 Å². The van der Waals surface area contributed by atoms with Crippen LogP contribution in [-0.4, -0.2) is 12.6 Å². The summed E-state index contributed by atoms with van der Waals surface area (Å²) >= 11 is 0. The molecule has 0 aromatic rings. The van der Waals surface area contributed by atoms with E-state index >= 15 is 0 Å². The highest BCUT2D eigenvalue weighted by molar-refractivity contribution is 5.15. The third-order valence-electron chi connectivity index (χ3n) is 2.62. The van der Waals surface area contributed by atoms with E-state index in [-0.39, 0.29) is 0 Å². The Morgan fingerprint density at radius 3 is 2.83 bits per heavy atom. The van der Waals surface area contributed by atoms with Crippen LogP contribution in [0.3, 0.4) is 0 Å². The number of nitrogens with zero attached hydrogens (tertiary/aromatic N) is 1. The molecular weight excluding hydrogens is 148 g/mol. The highest BCUT2D eigenvalue weighted by Crippen LogP contribution is 2.23. The Morgan fingerprint density at radius 1 is 1.50 bits per heavy atom. The summed E-state index contributed by atoms with van der Waals surface area (Å²) in [5.74, 6) is 0. The number of hydrogen-bond acceptors (Lipinski definition) is 2. The van der Waals surface area contributed by atoms with Gasteiger partial charge in [0.1, 0.15) is 0 Å². The molecule has 0 aromatic heterocycles. The van der Waals surface area contributed by atoms with E-state index in [0.29, 0.717) is 12.6 Å². The molecule has 1 atom stereocenters. The van der Waals surface area contributed by atoms with Gasteiger partial charge >= 0.3 is 0 Å². The van der Waals surface area contributed by atoms with Crippen molar-refractivity contribution in [2.75, 3.05) is 6.54 Å². The van der Waals surface area contributed by atoms with Crippen LogP contribution in [0.25, 0.3) is 0 Å². The minimum atomic E-state index is 0.483. The summed E-state index contributed by atoms with van der Waals surface area (Å²) in [5, 5.41) is 11.6. The molecule has 0 spiro atoms. The van der Waals surface area contributed by atoms with Crippen molar-refractivity contribution in [3.05, 3.63) is 11.1 Å². The van der Waals surface area contributed by atoms with Gasteiger partial charge in [0, 0.05) is 6.04 Å². The SMILES string of the molecule is CC1=C(C)CC(NCC#N)CC1. The average molecular weight is 164 g/mol. The van der Waals surface area contributed by atoms with Crippen LogP contribution in [0.5, 0.6) is 0 Å². The second-order valence-electron chi connectivity index (χ2n) is 3.54. The quantitative estimate of drug-likeness (QED) is 0.500. The van der Waals surface area contributed by atoms with E-state index < -0.39 is 0 Å². The Labute approximate surface area is 74.3 Å². The lowest BCUT2D eigenvalue weighted by atomic mass is 9.90. The number of allylic oxidation sites excluding steroid dienone is 1. The minimum absolute atomic E-state index is 0.483. The van der Waals surface area contributed by atoms with Crippen LogP contribution >= 0.6 is 0 Å². The summed E-state index contributed by atoms with van der Waals surface area (Å²) in [6.07, 6.45) is 3.49. The van der Waals surface area contributed by atoms with E-state index in [1.165, 1.54) is 24.0 Å². The maximum atomic E-state index is 8.39. The van der Waals surface area contributed by atoms with Gasteiger partial charge in [-0.1, -0.05) is 11.1 Å². The van der Waals surface area contributed by atoms with Crippen LogP contribution in [0.4, 0.5) is 0 Å². The molecule has 2 nitrogen and oxygen atoms in total. The third kappa shape index (κ3) is 2.35. The average Bonchev–Trinajstić information content (AvgIpc) is 2.07. The Hall–Kier alpha value is -0.810. The van der Waals surface area contributed by atoms with Crippen LogP contribution in [0, 0.1) is 11.3 Å². The number of nitrogens with one attached hydrogen (secondary N) is 1. The van der Waals surface area contributed by atoms with Crippen LogP contribution in [0.2, 0.25) is 0 Å². The van der Waals surface area contributed by atoms with Crippen molar-refractivity contribution in [3.63, 3.8) is 0 Å². The standard InChI is InChI=1S/C10H16N2/c1-8-3-4-10(7-9(8)2)12-6-5-11/h10,12H,3-4,6-7H2,1-2H3. The zero-order valence-electron chi connectivity index (χ0n) is 7.85. The maximum absolute atomic E-state index is 8.39. The summed E-state index contributed by atoms with van der Waals surface area (Å²) < 4.78 is 0. The number of hydrogen-bond donors (Lipinski definition) is 1. The first-order chi connectivity index (χ1) is 5.74. The molecule has 12 heavy (non-hydrogen) atoms. The molecule has 1 rings (SSSR count). The van der Waals surface area contributed by atoms with Crippen LogP contribution in [0.1, 0.15) is 33.1 Å². The van der Waals surface area contributed by atoms with E-state index in [1.54, 1.807) is 0 Å². The van der Waals surface area contributed by atoms with Crippen LogP contribution < -0.4 is 5.32 Å². The fraction of sp³-hybridized carbons (Fsp3) is 0.700. The predicted octanol–water partition coefficient (Wildman–Crippen LogP) is 1.99. The monoisotopic (exact) mass is 164 g/mol. The number of rotatable bonds is 2. The predicted molar refractivity (Wildman–Crippen MR) is 49.6 cm³/mol. The Kier molecular flexibility index (Phi) is 3.31. The van der Waals surface area contributed by atoms with Crippen molar-refractivity contribution in [1.29, 1.82) is 5.26 Å². The first-order valence-corrected chi connectivity index (χ1v) is 4.49. The minimum Gasteiger partial charge on any atom is -0.301 e. The fourth-order valence-electron chi connectivity index (χ4n) is 1.61. The molecule has 1 N–H and O–H groups in total. The largest absolute Gasteiger partial charge is 0.301 e. The molecule has 0 saturated carbocycles. The van der Waals surface area contributed by atoms with Gasteiger partial charge in [-0.25, -0.2) is 0 Å². The van der Waals surface area contributed by atoms with Crippen molar-refractivity contribution in [2.45, 2.75) is 39.2 Å². The summed E-state index contributed by atoms with van der Waals surface area (Å²) in [6, 6.07) is 2.65. The lowest BCUT2D eigenvalue weighted by Gasteiger charge is -2.24. The van der Waals surface area contributed by atoms with Crippen LogP contribution in [-0.2, 0) is 0 Å². The van der Waals surface area contributed by atoms with Gasteiger partial charge in [0.25, 0.3) is 0 Å². The summed E-state index contributed by atoms with van der Waals surface area (Å²) in [5.41, 5.74) is 3.03. The first kappa shape index (κ1) is 9.28. The first-order valence-electron chi connectivity index (χ1n) is 4.49. The number of nitriles is 1. The Bertz CT molecular complexity index is 222. The topological polar surface area (TPSA) is 35.8 Å². The zero-order chi connectivity index (χ0) is 8.97. The van der Waals surface area contributed by atoms with Crippen molar-refractivity contribution < 1.29 is 0 Å². The van der Waals surface area contributed by atoms with Crippen molar-refractivity contribution >= 4 is 0 Å². The smallest absolute Gasteiger partial charge is 0.0843 e. The van der Waals surface area contributed by atoms with E-state index in [0.717, 1.165) is 6.42 Å². The molecular formula is C10H16N2.